The monoisotopic (exact) mass is 248 g/mol. The molecule has 1 aliphatic rings. The molecule has 1 N–H and O–H groups in total. The summed E-state index contributed by atoms with van der Waals surface area (Å²) in [5.41, 5.74) is 1.21. The second-order valence-corrected chi connectivity index (χ2v) is 4.86. The molecule has 3 rings (SSSR count). The van der Waals surface area contributed by atoms with Gasteiger partial charge in [0, 0.05) is 24.5 Å². The molecule has 5 heteroatoms. The number of rotatable bonds is 3. The lowest BCUT2D eigenvalue weighted by Crippen LogP contribution is -1.92. The Morgan fingerprint density at radius 3 is 3.06 bits per heavy atom. The molecule has 0 saturated carbocycles. The molecule has 0 spiro atoms. The first-order chi connectivity index (χ1) is 8.35. The minimum atomic E-state index is 0.323. The van der Waals surface area contributed by atoms with E-state index in [-0.39, 0.29) is 0 Å². The topological polar surface area (TPSA) is 43.4 Å². The standard InChI is InChI=1S/C12H12N2O2S/c1-13-12-14-6-9(17-12)4-8-2-3-10-11(5-8)16-7-15-10/h2-3,5-6H,4,7H2,1H3,(H,13,14). The van der Waals surface area contributed by atoms with Crippen LogP contribution in [0.2, 0.25) is 0 Å². The predicted octanol–water partition coefficient (Wildman–Crippen LogP) is 2.50. The first-order valence-electron chi connectivity index (χ1n) is 5.36. The number of benzene rings is 1. The Morgan fingerprint density at radius 1 is 1.35 bits per heavy atom. The van der Waals surface area contributed by atoms with E-state index in [1.54, 1.807) is 11.3 Å². The molecule has 17 heavy (non-hydrogen) atoms. The molecule has 0 unspecified atom stereocenters. The molecule has 2 heterocycles. The first kappa shape index (κ1) is 10.4. The zero-order valence-electron chi connectivity index (χ0n) is 9.40. The predicted molar refractivity (Wildman–Crippen MR) is 67.0 cm³/mol. The number of thiazole rings is 1. The van der Waals surface area contributed by atoms with E-state index in [1.165, 1.54) is 10.4 Å². The zero-order chi connectivity index (χ0) is 11.7. The molecule has 1 aromatic heterocycles. The van der Waals surface area contributed by atoms with Gasteiger partial charge in [-0.05, 0) is 17.7 Å². The van der Waals surface area contributed by atoms with E-state index in [0.717, 1.165) is 23.1 Å². The molecule has 0 atom stereocenters. The third-order valence-corrected chi connectivity index (χ3v) is 3.60. The maximum atomic E-state index is 5.36. The third-order valence-electron chi connectivity index (χ3n) is 2.58. The van der Waals surface area contributed by atoms with Crippen LogP contribution >= 0.6 is 11.3 Å². The normalized spacial score (nSPS) is 12.8. The maximum Gasteiger partial charge on any atom is 0.231 e. The molecule has 0 fully saturated rings. The van der Waals surface area contributed by atoms with Gasteiger partial charge in [0.15, 0.2) is 16.6 Å². The zero-order valence-corrected chi connectivity index (χ0v) is 10.2. The van der Waals surface area contributed by atoms with E-state index in [0.29, 0.717) is 6.79 Å². The van der Waals surface area contributed by atoms with Gasteiger partial charge in [0.05, 0.1) is 0 Å². The van der Waals surface area contributed by atoms with Crippen LogP contribution in [0.25, 0.3) is 0 Å². The average Bonchev–Trinajstić information content (AvgIpc) is 2.96. The SMILES string of the molecule is CNc1ncc(Cc2ccc3c(c2)OCO3)s1. The van der Waals surface area contributed by atoms with Gasteiger partial charge in [-0.25, -0.2) is 4.98 Å². The van der Waals surface area contributed by atoms with Gasteiger partial charge in [0.1, 0.15) is 0 Å². The average molecular weight is 248 g/mol. The van der Waals surface area contributed by atoms with Crippen LogP contribution < -0.4 is 14.8 Å². The molecule has 0 bridgehead atoms. The maximum absolute atomic E-state index is 5.36. The number of hydrogen-bond acceptors (Lipinski definition) is 5. The number of nitrogens with one attached hydrogen (secondary N) is 1. The van der Waals surface area contributed by atoms with Crippen molar-refractivity contribution < 1.29 is 9.47 Å². The van der Waals surface area contributed by atoms with E-state index in [1.807, 2.05) is 25.4 Å². The van der Waals surface area contributed by atoms with Crippen LogP contribution in [0.4, 0.5) is 5.13 Å². The van der Waals surface area contributed by atoms with Crippen molar-refractivity contribution in [1.29, 1.82) is 0 Å². The lowest BCUT2D eigenvalue weighted by atomic mass is 10.1. The minimum absolute atomic E-state index is 0.323. The van der Waals surface area contributed by atoms with Gasteiger partial charge >= 0.3 is 0 Å². The first-order valence-corrected chi connectivity index (χ1v) is 6.18. The van der Waals surface area contributed by atoms with Crippen LogP contribution in [0.3, 0.4) is 0 Å². The highest BCUT2D eigenvalue weighted by Gasteiger charge is 2.13. The largest absolute Gasteiger partial charge is 0.454 e. The highest BCUT2D eigenvalue weighted by molar-refractivity contribution is 7.15. The van der Waals surface area contributed by atoms with Gasteiger partial charge < -0.3 is 14.8 Å². The summed E-state index contributed by atoms with van der Waals surface area (Å²) in [5.74, 6) is 1.66. The third kappa shape index (κ3) is 2.06. The summed E-state index contributed by atoms with van der Waals surface area (Å²) in [6, 6.07) is 6.05. The quantitative estimate of drug-likeness (QED) is 0.906. The van der Waals surface area contributed by atoms with Gasteiger partial charge in [0.25, 0.3) is 0 Å². The molecule has 88 valence electrons. The van der Waals surface area contributed by atoms with Crippen LogP contribution in [0, 0.1) is 0 Å². The van der Waals surface area contributed by atoms with E-state index >= 15 is 0 Å². The summed E-state index contributed by atoms with van der Waals surface area (Å²) in [6.07, 6.45) is 2.77. The van der Waals surface area contributed by atoms with Crippen LogP contribution in [-0.4, -0.2) is 18.8 Å². The Kier molecular flexibility index (Phi) is 2.60. The van der Waals surface area contributed by atoms with Crippen molar-refractivity contribution in [2.75, 3.05) is 19.2 Å². The summed E-state index contributed by atoms with van der Waals surface area (Å²) in [5, 5.41) is 3.98. The lowest BCUT2D eigenvalue weighted by Gasteiger charge is -2.00. The summed E-state index contributed by atoms with van der Waals surface area (Å²) < 4.78 is 10.6. The van der Waals surface area contributed by atoms with Crippen molar-refractivity contribution in [3.63, 3.8) is 0 Å². The fourth-order valence-electron chi connectivity index (χ4n) is 1.76. The second kappa shape index (κ2) is 4.25. The molecule has 1 aliphatic heterocycles. The van der Waals surface area contributed by atoms with Gasteiger partial charge in [-0.15, -0.1) is 11.3 Å². The molecule has 1 aromatic carbocycles. The smallest absolute Gasteiger partial charge is 0.231 e. The molecule has 2 aromatic rings. The number of ether oxygens (including phenoxy) is 2. The molecular weight excluding hydrogens is 236 g/mol. The van der Waals surface area contributed by atoms with Crippen molar-refractivity contribution >= 4 is 16.5 Å². The Bertz CT molecular complexity index is 539. The second-order valence-electron chi connectivity index (χ2n) is 3.75. The molecular formula is C12H12N2O2S. The van der Waals surface area contributed by atoms with Crippen molar-refractivity contribution in [3.8, 4) is 11.5 Å². The van der Waals surface area contributed by atoms with Gasteiger partial charge in [-0.3, -0.25) is 0 Å². The molecule has 0 radical (unpaired) electrons. The number of fused-ring (bicyclic) bond motifs is 1. The van der Waals surface area contributed by atoms with Crippen molar-refractivity contribution in [2.24, 2.45) is 0 Å². The van der Waals surface area contributed by atoms with Crippen LogP contribution in [0.1, 0.15) is 10.4 Å². The van der Waals surface area contributed by atoms with Gasteiger partial charge in [-0.2, -0.15) is 0 Å². The van der Waals surface area contributed by atoms with E-state index < -0.39 is 0 Å². The molecule has 0 saturated heterocycles. The summed E-state index contributed by atoms with van der Waals surface area (Å²) in [7, 11) is 1.88. The molecule has 4 nitrogen and oxygen atoms in total. The number of aromatic nitrogens is 1. The van der Waals surface area contributed by atoms with Crippen molar-refractivity contribution in [1.82, 2.24) is 4.98 Å². The molecule has 0 aliphatic carbocycles. The van der Waals surface area contributed by atoms with Crippen molar-refractivity contribution in [2.45, 2.75) is 6.42 Å². The van der Waals surface area contributed by atoms with E-state index in [9.17, 15) is 0 Å². The van der Waals surface area contributed by atoms with Gasteiger partial charge in [0.2, 0.25) is 6.79 Å². The summed E-state index contributed by atoms with van der Waals surface area (Å²) in [4.78, 5) is 5.48. The molecule has 0 amide bonds. The van der Waals surface area contributed by atoms with Crippen LogP contribution in [0.5, 0.6) is 11.5 Å². The summed E-state index contributed by atoms with van der Waals surface area (Å²) in [6.45, 7) is 0.323. The van der Waals surface area contributed by atoms with Gasteiger partial charge in [-0.1, -0.05) is 6.07 Å². The Morgan fingerprint density at radius 2 is 2.24 bits per heavy atom. The van der Waals surface area contributed by atoms with Crippen molar-refractivity contribution in [3.05, 3.63) is 34.8 Å². The highest BCUT2D eigenvalue weighted by Crippen LogP contribution is 2.33. The minimum Gasteiger partial charge on any atom is -0.454 e. The van der Waals surface area contributed by atoms with E-state index in [2.05, 4.69) is 16.4 Å². The number of anilines is 1. The number of hydrogen-bond donors (Lipinski definition) is 1. The Hall–Kier alpha value is -1.75. The Labute approximate surface area is 103 Å². The lowest BCUT2D eigenvalue weighted by molar-refractivity contribution is 0.174. The van der Waals surface area contributed by atoms with E-state index in [4.69, 9.17) is 9.47 Å². The Balaban J connectivity index is 1.80. The fourth-order valence-corrected chi connectivity index (χ4v) is 2.56. The fraction of sp³-hybridized carbons (Fsp3) is 0.250. The summed E-state index contributed by atoms with van der Waals surface area (Å²) >= 11 is 1.67. The highest BCUT2D eigenvalue weighted by atomic mass is 32.1. The van der Waals surface area contributed by atoms with Crippen LogP contribution in [0.15, 0.2) is 24.4 Å². The van der Waals surface area contributed by atoms with Crippen LogP contribution in [-0.2, 0) is 6.42 Å². The number of nitrogens with zero attached hydrogens (tertiary/aromatic N) is 1.